The Hall–Kier alpha value is -1.33. The zero-order valence-electron chi connectivity index (χ0n) is 10.7. The number of fused-ring (bicyclic) bond motifs is 1. The standard InChI is InChI=1S/C13H13ClN2O2S/c1-7-12(8(2)18-15-7)13(17)16-4-3-10-9(6-16)5-11(14)19-10/h5H,3-4,6H2,1-2H3. The number of hydrogen-bond acceptors (Lipinski definition) is 4. The maximum Gasteiger partial charge on any atom is 0.259 e. The van der Waals surface area contributed by atoms with E-state index in [1.165, 1.54) is 4.88 Å². The lowest BCUT2D eigenvalue weighted by molar-refractivity contribution is 0.0733. The van der Waals surface area contributed by atoms with Gasteiger partial charge in [0.2, 0.25) is 0 Å². The molecule has 2 aromatic heterocycles. The Morgan fingerprint density at radius 2 is 2.32 bits per heavy atom. The van der Waals surface area contributed by atoms with E-state index in [1.54, 1.807) is 25.2 Å². The average molecular weight is 297 g/mol. The first-order chi connectivity index (χ1) is 9.06. The highest BCUT2D eigenvalue weighted by molar-refractivity contribution is 7.16. The summed E-state index contributed by atoms with van der Waals surface area (Å²) in [6.45, 7) is 4.89. The second-order valence-electron chi connectivity index (χ2n) is 4.67. The van der Waals surface area contributed by atoms with Gasteiger partial charge in [0, 0.05) is 18.0 Å². The molecule has 100 valence electrons. The van der Waals surface area contributed by atoms with Crippen LogP contribution in [0.1, 0.15) is 32.3 Å². The van der Waals surface area contributed by atoms with Gasteiger partial charge in [0.25, 0.3) is 5.91 Å². The van der Waals surface area contributed by atoms with Gasteiger partial charge in [-0.25, -0.2) is 0 Å². The molecule has 0 bridgehead atoms. The van der Waals surface area contributed by atoms with Gasteiger partial charge in [-0.3, -0.25) is 4.79 Å². The van der Waals surface area contributed by atoms with E-state index in [1.807, 2.05) is 11.0 Å². The third kappa shape index (κ3) is 2.17. The molecule has 1 aliphatic heterocycles. The number of thiophene rings is 1. The van der Waals surface area contributed by atoms with Crippen LogP contribution in [0, 0.1) is 13.8 Å². The summed E-state index contributed by atoms with van der Waals surface area (Å²) >= 11 is 7.62. The van der Waals surface area contributed by atoms with Crippen molar-refractivity contribution in [3.8, 4) is 0 Å². The van der Waals surface area contributed by atoms with E-state index >= 15 is 0 Å². The van der Waals surface area contributed by atoms with E-state index < -0.39 is 0 Å². The quantitative estimate of drug-likeness (QED) is 0.812. The van der Waals surface area contributed by atoms with Crippen LogP contribution >= 0.6 is 22.9 Å². The van der Waals surface area contributed by atoms with Crippen LogP contribution < -0.4 is 0 Å². The summed E-state index contributed by atoms with van der Waals surface area (Å²) < 4.78 is 5.85. The fourth-order valence-corrected chi connectivity index (χ4v) is 3.71. The number of aryl methyl sites for hydroxylation is 2. The highest BCUT2D eigenvalue weighted by Crippen LogP contribution is 2.32. The number of carbonyl (C=O) groups excluding carboxylic acids is 1. The summed E-state index contributed by atoms with van der Waals surface area (Å²) in [4.78, 5) is 15.6. The number of amides is 1. The Balaban J connectivity index is 1.87. The molecule has 3 heterocycles. The van der Waals surface area contributed by atoms with Gasteiger partial charge < -0.3 is 9.42 Å². The topological polar surface area (TPSA) is 46.3 Å². The fraction of sp³-hybridized carbons (Fsp3) is 0.385. The van der Waals surface area contributed by atoms with Crippen molar-refractivity contribution in [1.29, 1.82) is 0 Å². The molecule has 0 aromatic carbocycles. The van der Waals surface area contributed by atoms with Crippen molar-refractivity contribution in [2.45, 2.75) is 26.8 Å². The fourth-order valence-electron chi connectivity index (χ4n) is 2.42. The van der Waals surface area contributed by atoms with Gasteiger partial charge >= 0.3 is 0 Å². The van der Waals surface area contributed by atoms with Crippen LogP contribution in [-0.4, -0.2) is 22.5 Å². The highest BCUT2D eigenvalue weighted by atomic mass is 35.5. The van der Waals surface area contributed by atoms with E-state index in [9.17, 15) is 4.79 Å². The predicted octanol–water partition coefficient (Wildman–Crippen LogP) is 3.20. The average Bonchev–Trinajstić information content (AvgIpc) is 2.89. The van der Waals surface area contributed by atoms with Gasteiger partial charge in [-0.15, -0.1) is 11.3 Å². The third-order valence-corrected chi connectivity index (χ3v) is 4.74. The van der Waals surface area contributed by atoms with Crippen molar-refractivity contribution < 1.29 is 9.32 Å². The van der Waals surface area contributed by atoms with E-state index in [0.29, 0.717) is 30.1 Å². The molecular weight excluding hydrogens is 284 g/mol. The van der Waals surface area contributed by atoms with Crippen molar-refractivity contribution in [2.24, 2.45) is 0 Å². The lowest BCUT2D eigenvalue weighted by Gasteiger charge is -2.26. The van der Waals surface area contributed by atoms with Crippen molar-refractivity contribution >= 4 is 28.8 Å². The van der Waals surface area contributed by atoms with E-state index in [4.69, 9.17) is 16.1 Å². The first kappa shape index (κ1) is 12.7. The molecule has 3 rings (SSSR count). The van der Waals surface area contributed by atoms with Crippen molar-refractivity contribution in [1.82, 2.24) is 10.1 Å². The number of hydrogen-bond donors (Lipinski definition) is 0. The van der Waals surface area contributed by atoms with Crippen molar-refractivity contribution in [3.63, 3.8) is 0 Å². The van der Waals surface area contributed by atoms with Crippen LogP contribution in [0.5, 0.6) is 0 Å². The molecule has 0 fully saturated rings. The van der Waals surface area contributed by atoms with Crippen molar-refractivity contribution in [3.05, 3.63) is 37.9 Å². The summed E-state index contributed by atoms with van der Waals surface area (Å²) in [5.74, 6) is 0.570. The van der Waals surface area contributed by atoms with Crippen molar-refractivity contribution in [2.75, 3.05) is 6.54 Å². The summed E-state index contributed by atoms with van der Waals surface area (Å²) in [5, 5.41) is 3.84. The minimum Gasteiger partial charge on any atom is -0.361 e. The molecule has 6 heteroatoms. The second-order valence-corrected chi connectivity index (χ2v) is 6.44. The summed E-state index contributed by atoms with van der Waals surface area (Å²) in [6, 6.07) is 1.95. The van der Waals surface area contributed by atoms with Crippen LogP contribution in [-0.2, 0) is 13.0 Å². The highest BCUT2D eigenvalue weighted by Gasteiger charge is 2.27. The normalized spacial score (nSPS) is 14.6. The van der Waals surface area contributed by atoms with Crippen LogP contribution in [0.25, 0.3) is 0 Å². The number of rotatable bonds is 1. The third-order valence-electron chi connectivity index (χ3n) is 3.37. The van der Waals surface area contributed by atoms with Crippen LogP contribution in [0.4, 0.5) is 0 Å². The molecule has 0 radical (unpaired) electrons. The zero-order chi connectivity index (χ0) is 13.6. The molecule has 19 heavy (non-hydrogen) atoms. The number of carbonyl (C=O) groups is 1. The molecule has 0 atom stereocenters. The first-order valence-electron chi connectivity index (χ1n) is 6.05. The van der Waals surface area contributed by atoms with E-state index in [0.717, 1.165) is 16.3 Å². The molecule has 0 spiro atoms. The molecule has 1 aliphatic rings. The Morgan fingerprint density at radius 1 is 1.53 bits per heavy atom. The monoisotopic (exact) mass is 296 g/mol. The lowest BCUT2D eigenvalue weighted by atomic mass is 10.1. The van der Waals surface area contributed by atoms with E-state index in [2.05, 4.69) is 5.16 Å². The van der Waals surface area contributed by atoms with Gasteiger partial charge in [0.05, 0.1) is 10.0 Å². The largest absolute Gasteiger partial charge is 0.361 e. The van der Waals surface area contributed by atoms with Gasteiger partial charge in [-0.1, -0.05) is 16.8 Å². The summed E-state index contributed by atoms with van der Waals surface area (Å²) in [6.07, 6.45) is 0.863. The Kier molecular flexibility index (Phi) is 3.11. The Labute approximate surface area is 120 Å². The maximum atomic E-state index is 12.5. The molecule has 4 nitrogen and oxygen atoms in total. The van der Waals surface area contributed by atoms with E-state index in [-0.39, 0.29) is 5.91 Å². The second kappa shape index (κ2) is 4.65. The lowest BCUT2D eigenvalue weighted by Crippen LogP contribution is -2.35. The number of nitrogens with zero attached hydrogens (tertiary/aromatic N) is 2. The number of halogens is 1. The minimum atomic E-state index is -0.00998. The van der Waals surface area contributed by atoms with Gasteiger partial charge in [-0.05, 0) is 31.9 Å². The molecule has 0 unspecified atom stereocenters. The number of aromatic nitrogens is 1. The molecule has 1 amide bonds. The molecule has 0 aliphatic carbocycles. The zero-order valence-corrected chi connectivity index (χ0v) is 12.3. The smallest absolute Gasteiger partial charge is 0.259 e. The Morgan fingerprint density at radius 3 is 3.00 bits per heavy atom. The molecule has 2 aromatic rings. The van der Waals surface area contributed by atoms with Crippen LogP contribution in [0.15, 0.2) is 10.6 Å². The predicted molar refractivity (Wildman–Crippen MR) is 73.8 cm³/mol. The van der Waals surface area contributed by atoms with Gasteiger partial charge in [-0.2, -0.15) is 0 Å². The maximum absolute atomic E-state index is 12.5. The molecule has 0 saturated carbocycles. The van der Waals surface area contributed by atoms with Gasteiger partial charge in [0.1, 0.15) is 11.3 Å². The molecule has 0 N–H and O–H groups in total. The van der Waals surface area contributed by atoms with Gasteiger partial charge in [0.15, 0.2) is 0 Å². The van der Waals surface area contributed by atoms with Crippen LogP contribution in [0.3, 0.4) is 0 Å². The minimum absolute atomic E-state index is 0.00998. The molecular formula is C13H13ClN2O2S. The summed E-state index contributed by atoms with van der Waals surface area (Å²) in [5.41, 5.74) is 2.39. The molecule has 0 saturated heterocycles. The first-order valence-corrected chi connectivity index (χ1v) is 7.25. The van der Waals surface area contributed by atoms with Crippen LogP contribution in [0.2, 0.25) is 4.34 Å². The Bertz CT molecular complexity index is 628. The SMILES string of the molecule is Cc1noc(C)c1C(=O)N1CCc2sc(Cl)cc2C1. The summed E-state index contributed by atoms with van der Waals surface area (Å²) in [7, 11) is 0.